The van der Waals surface area contributed by atoms with E-state index in [1.807, 2.05) is 0 Å². The monoisotopic (exact) mass is 199 g/mol. The van der Waals surface area contributed by atoms with Crippen LogP contribution in [0.25, 0.3) is 0 Å². The van der Waals surface area contributed by atoms with Crippen molar-refractivity contribution in [3.63, 3.8) is 0 Å². The zero-order chi connectivity index (χ0) is 9.10. The van der Waals surface area contributed by atoms with Crippen molar-refractivity contribution in [2.45, 2.75) is 68.3 Å². The quantitative estimate of drug-likeness (QED) is 0.597. The molecule has 0 nitrogen and oxygen atoms in total. The zero-order valence-electron chi connectivity index (χ0n) is 8.93. The fourth-order valence-electron chi connectivity index (χ4n) is 2.97. The Bertz CT molecular complexity index is 143. The van der Waals surface area contributed by atoms with Gasteiger partial charge in [0.15, 0.2) is 0 Å². The maximum Gasteiger partial charge on any atom is 0.118 e. The normalized spacial score (nSPS) is 29.3. The van der Waals surface area contributed by atoms with Gasteiger partial charge >= 0.3 is 0 Å². The maximum absolute atomic E-state index is 2.56. The SMILES string of the molecule is C[S+](C1CCCCC1)C1CCCC1. The molecule has 2 saturated carbocycles. The smallest absolute Gasteiger partial charge is 0.0529 e. The lowest BCUT2D eigenvalue weighted by atomic mass is 10.0. The first-order chi connectivity index (χ1) is 6.38. The molecule has 0 spiro atoms. The molecule has 0 aromatic rings. The minimum Gasteiger partial charge on any atom is -0.0529 e. The van der Waals surface area contributed by atoms with E-state index in [0.29, 0.717) is 0 Å². The van der Waals surface area contributed by atoms with Gasteiger partial charge < -0.3 is 0 Å². The second kappa shape index (κ2) is 4.72. The van der Waals surface area contributed by atoms with Crippen molar-refractivity contribution in [3.8, 4) is 0 Å². The van der Waals surface area contributed by atoms with E-state index in [-0.39, 0.29) is 0 Å². The van der Waals surface area contributed by atoms with Gasteiger partial charge in [-0.2, -0.15) is 0 Å². The highest BCUT2D eigenvalue weighted by atomic mass is 32.2. The first kappa shape index (κ1) is 9.89. The highest BCUT2D eigenvalue weighted by Crippen LogP contribution is 2.33. The molecule has 2 rings (SSSR count). The Morgan fingerprint density at radius 3 is 1.54 bits per heavy atom. The first-order valence-electron chi connectivity index (χ1n) is 6.01. The molecule has 0 N–H and O–H groups in total. The Hall–Kier alpha value is 0.350. The van der Waals surface area contributed by atoms with Crippen LogP contribution >= 0.6 is 0 Å². The van der Waals surface area contributed by atoms with Gasteiger partial charge in [-0.15, -0.1) is 0 Å². The van der Waals surface area contributed by atoms with Crippen molar-refractivity contribution in [3.05, 3.63) is 0 Å². The predicted molar refractivity (Wildman–Crippen MR) is 62.4 cm³/mol. The molecule has 76 valence electrons. The molecule has 0 aromatic heterocycles. The molecule has 0 amide bonds. The molecule has 1 atom stereocenters. The Labute approximate surface area is 85.8 Å². The molecule has 0 saturated heterocycles. The molecule has 0 heterocycles. The third kappa shape index (κ3) is 2.43. The van der Waals surface area contributed by atoms with Crippen molar-refractivity contribution in [1.82, 2.24) is 0 Å². The molecule has 2 aliphatic carbocycles. The van der Waals surface area contributed by atoms with E-state index in [1.165, 1.54) is 32.1 Å². The first-order valence-corrected chi connectivity index (χ1v) is 7.77. The highest BCUT2D eigenvalue weighted by molar-refractivity contribution is 7.97. The highest BCUT2D eigenvalue weighted by Gasteiger charge is 2.36. The second-order valence-electron chi connectivity index (χ2n) is 4.77. The predicted octanol–water partition coefficient (Wildman–Crippen LogP) is 3.51. The van der Waals surface area contributed by atoms with E-state index in [9.17, 15) is 0 Å². The van der Waals surface area contributed by atoms with Crippen LogP contribution in [0.1, 0.15) is 57.8 Å². The van der Waals surface area contributed by atoms with Gasteiger partial charge in [-0.1, -0.05) is 6.42 Å². The van der Waals surface area contributed by atoms with Crippen molar-refractivity contribution < 1.29 is 0 Å². The number of hydrogen-bond donors (Lipinski definition) is 0. The van der Waals surface area contributed by atoms with Gasteiger partial charge in [0.25, 0.3) is 0 Å². The van der Waals surface area contributed by atoms with Gasteiger partial charge in [-0.25, -0.2) is 0 Å². The van der Waals surface area contributed by atoms with E-state index >= 15 is 0 Å². The van der Waals surface area contributed by atoms with Crippen molar-refractivity contribution in [2.24, 2.45) is 0 Å². The van der Waals surface area contributed by atoms with E-state index in [1.54, 1.807) is 25.7 Å². The Morgan fingerprint density at radius 1 is 0.692 bits per heavy atom. The summed E-state index contributed by atoms with van der Waals surface area (Å²) in [5.74, 6) is 0. The Kier molecular flexibility index (Phi) is 3.59. The fourth-order valence-corrected chi connectivity index (χ4v) is 5.67. The summed E-state index contributed by atoms with van der Waals surface area (Å²) >= 11 is 0. The van der Waals surface area contributed by atoms with E-state index in [4.69, 9.17) is 0 Å². The summed E-state index contributed by atoms with van der Waals surface area (Å²) in [4.78, 5) is 0. The van der Waals surface area contributed by atoms with Crippen molar-refractivity contribution in [1.29, 1.82) is 0 Å². The Balaban J connectivity index is 1.83. The molecule has 2 fully saturated rings. The van der Waals surface area contributed by atoms with Crippen LogP contribution in [-0.4, -0.2) is 16.8 Å². The lowest BCUT2D eigenvalue weighted by Crippen LogP contribution is -2.31. The van der Waals surface area contributed by atoms with Gasteiger partial charge in [0.05, 0.1) is 6.26 Å². The van der Waals surface area contributed by atoms with Gasteiger partial charge in [-0.3, -0.25) is 0 Å². The van der Waals surface area contributed by atoms with Gasteiger partial charge in [0, 0.05) is 0 Å². The lowest BCUT2D eigenvalue weighted by Gasteiger charge is -2.23. The standard InChI is InChI=1S/C12H23S/c1-13(12-9-5-6-10-12)11-7-3-2-4-8-11/h11-12H,2-10H2,1H3/q+1. The maximum atomic E-state index is 2.56. The minimum absolute atomic E-state index is 0.768. The Morgan fingerprint density at radius 2 is 1.08 bits per heavy atom. The van der Waals surface area contributed by atoms with E-state index in [2.05, 4.69) is 6.26 Å². The molecule has 0 bridgehead atoms. The van der Waals surface area contributed by atoms with Gasteiger partial charge in [0.2, 0.25) is 0 Å². The van der Waals surface area contributed by atoms with Crippen LogP contribution in [0.4, 0.5) is 0 Å². The summed E-state index contributed by atoms with van der Waals surface area (Å²) in [5.41, 5.74) is 0. The van der Waals surface area contributed by atoms with Crippen LogP contribution in [0.15, 0.2) is 0 Å². The van der Waals surface area contributed by atoms with Crippen molar-refractivity contribution in [2.75, 3.05) is 6.26 Å². The molecule has 0 aliphatic heterocycles. The molecule has 0 aromatic carbocycles. The van der Waals surface area contributed by atoms with Crippen molar-refractivity contribution >= 4 is 10.9 Å². The molecule has 1 unspecified atom stereocenters. The summed E-state index contributed by atoms with van der Waals surface area (Å²) in [6.07, 6.45) is 16.4. The average molecular weight is 199 g/mol. The average Bonchev–Trinajstić information content (AvgIpc) is 2.71. The van der Waals surface area contributed by atoms with Gasteiger partial charge in [-0.05, 0) is 62.3 Å². The number of rotatable bonds is 2. The lowest BCUT2D eigenvalue weighted by molar-refractivity contribution is 0.511. The topological polar surface area (TPSA) is 0 Å². The van der Waals surface area contributed by atoms with E-state index in [0.717, 1.165) is 21.4 Å². The summed E-state index contributed by atoms with van der Waals surface area (Å²) in [6, 6.07) is 0. The zero-order valence-corrected chi connectivity index (χ0v) is 9.74. The van der Waals surface area contributed by atoms with Crippen LogP contribution in [0.5, 0.6) is 0 Å². The largest absolute Gasteiger partial charge is 0.118 e. The summed E-state index contributed by atoms with van der Waals surface area (Å²) in [7, 11) is 0.768. The molecule has 2 aliphatic rings. The third-order valence-corrected chi connectivity index (χ3v) is 6.95. The molecular formula is C12H23S+. The van der Waals surface area contributed by atoms with Crippen LogP contribution in [0.2, 0.25) is 0 Å². The van der Waals surface area contributed by atoms with Crippen LogP contribution < -0.4 is 0 Å². The molecular weight excluding hydrogens is 176 g/mol. The molecule has 13 heavy (non-hydrogen) atoms. The van der Waals surface area contributed by atoms with Crippen LogP contribution in [-0.2, 0) is 10.9 Å². The van der Waals surface area contributed by atoms with E-state index < -0.39 is 0 Å². The summed E-state index contributed by atoms with van der Waals surface area (Å²) in [5, 5.41) is 2.25. The molecule has 0 radical (unpaired) electrons. The van der Waals surface area contributed by atoms with Crippen LogP contribution in [0, 0.1) is 0 Å². The molecule has 1 heteroatoms. The summed E-state index contributed by atoms with van der Waals surface area (Å²) in [6.45, 7) is 0. The van der Waals surface area contributed by atoms with Gasteiger partial charge in [0.1, 0.15) is 10.5 Å². The minimum atomic E-state index is 0.768. The third-order valence-electron chi connectivity index (χ3n) is 3.91. The fraction of sp³-hybridized carbons (Fsp3) is 1.00. The second-order valence-corrected chi connectivity index (χ2v) is 7.32. The number of hydrogen-bond acceptors (Lipinski definition) is 0. The van der Waals surface area contributed by atoms with Crippen LogP contribution in [0.3, 0.4) is 0 Å². The summed E-state index contributed by atoms with van der Waals surface area (Å²) < 4.78 is 0.